The molecule has 0 saturated carbocycles. The summed E-state index contributed by atoms with van der Waals surface area (Å²) in [5.74, 6) is -0.179. The van der Waals surface area contributed by atoms with Crippen LogP contribution >= 0.6 is 11.3 Å². The number of nitrogens with zero attached hydrogens (tertiary/aromatic N) is 1. The first-order chi connectivity index (χ1) is 10.1. The minimum Gasteiger partial charge on any atom is -0.463 e. The first-order valence-corrected chi connectivity index (χ1v) is 7.56. The summed E-state index contributed by atoms with van der Waals surface area (Å²) >= 11 is 1.74. The largest absolute Gasteiger partial charge is 0.463 e. The summed E-state index contributed by atoms with van der Waals surface area (Å²) in [7, 11) is 5.47. The highest BCUT2D eigenvalue weighted by molar-refractivity contribution is 7.10. The van der Waals surface area contributed by atoms with Gasteiger partial charge in [-0.1, -0.05) is 6.07 Å². The standard InChI is InChI=1S/C15H20N2O3S/c1-17(2)12(13-5-4-8-21-13)10-16-9-11-6-7-20-14(11)15(18)19-3/h4-8,12,16H,9-10H2,1-3H3. The Hall–Kier alpha value is -1.63. The van der Waals surface area contributed by atoms with Crippen LogP contribution in [0.25, 0.3) is 0 Å². The monoisotopic (exact) mass is 308 g/mol. The van der Waals surface area contributed by atoms with Crippen LogP contribution in [0.5, 0.6) is 0 Å². The van der Waals surface area contributed by atoms with E-state index in [1.54, 1.807) is 17.4 Å². The molecule has 1 N–H and O–H groups in total. The Bertz CT molecular complexity index is 563. The Morgan fingerprint density at radius 1 is 1.48 bits per heavy atom. The zero-order chi connectivity index (χ0) is 15.2. The molecule has 114 valence electrons. The lowest BCUT2D eigenvalue weighted by Gasteiger charge is -2.23. The maximum atomic E-state index is 11.5. The molecule has 2 aromatic rings. The predicted molar refractivity (Wildman–Crippen MR) is 82.5 cm³/mol. The summed E-state index contributed by atoms with van der Waals surface area (Å²) in [5.41, 5.74) is 0.811. The van der Waals surface area contributed by atoms with Crippen molar-refractivity contribution < 1.29 is 13.9 Å². The second-order valence-corrected chi connectivity index (χ2v) is 5.87. The molecule has 0 radical (unpaired) electrons. The van der Waals surface area contributed by atoms with E-state index in [2.05, 4.69) is 41.8 Å². The summed E-state index contributed by atoms with van der Waals surface area (Å²) in [6.07, 6.45) is 1.51. The number of esters is 1. The summed E-state index contributed by atoms with van der Waals surface area (Å²) in [6, 6.07) is 6.28. The average molecular weight is 308 g/mol. The van der Waals surface area contributed by atoms with Crippen LogP contribution in [-0.4, -0.2) is 38.6 Å². The van der Waals surface area contributed by atoms with Gasteiger partial charge in [0.25, 0.3) is 0 Å². The van der Waals surface area contributed by atoms with Gasteiger partial charge in [0.1, 0.15) is 0 Å². The lowest BCUT2D eigenvalue weighted by molar-refractivity contribution is 0.0563. The molecule has 0 saturated heterocycles. The summed E-state index contributed by atoms with van der Waals surface area (Å²) in [6.45, 7) is 1.36. The van der Waals surface area contributed by atoms with Crippen molar-refractivity contribution in [2.45, 2.75) is 12.6 Å². The minimum atomic E-state index is -0.445. The van der Waals surface area contributed by atoms with Crippen LogP contribution in [-0.2, 0) is 11.3 Å². The van der Waals surface area contributed by atoms with E-state index >= 15 is 0 Å². The number of hydrogen-bond donors (Lipinski definition) is 1. The van der Waals surface area contributed by atoms with Crippen molar-refractivity contribution in [1.29, 1.82) is 0 Å². The molecular formula is C15H20N2O3S. The van der Waals surface area contributed by atoms with E-state index < -0.39 is 5.97 Å². The van der Waals surface area contributed by atoms with E-state index in [1.807, 2.05) is 0 Å². The fourth-order valence-electron chi connectivity index (χ4n) is 2.11. The van der Waals surface area contributed by atoms with Crippen LogP contribution in [0, 0.1) is 0 Å². The summed E-state index contributed by atoms with van der Waals surface area (Å²) < 4.78 is 9.86. The molecule has 0 aromatic carbocycles. The topological polar surface area (TPSA) is 54.7 Å². The number of carbonyl (C=O) groups is 1. The van der Waals surface area contributed by atoms with Crippen LogP contribution < -0.4 is 5.32 Å². The zero-order valence-corrected chi connectivity index (χ0v) is 13.3. The second kappa shape index (κ2) is 7.40. The molecule has 2 rings (SSSR count). The molecule has 2 heterocycles. The van der Waals surface area contributed by atoms with Crippen molar-refractivity contribution in [2.75, 3.05) is 27.7 Å². The van der Waals surface area contributed by atoms with Crippen LogP contribution in [0.15, 0.2) is 34.3 Å². The lowest BCUT2D eigenvalue weighted by atomic mass is 10.2. The van der Waals surface area contributed by atoms with Gasteiger partial charge in [-0.25, -0.2) is 4.79 Å². The number of rotatable bonds is 7. The third-order valence-corrected chi connectivity index (χ3v) is 4.24. The Balaban J connectivity index is 1.94. The molecule has 0 fully saturated rings. The molecule has 0 aliphatic heterocycles. The first-order valence-electron chi connectivity index (χ1n) is 6.68. The summed E-state index contributed by atoms with van der Waals surface area (Å²) in [5, 5.41) is 5.45. The molecule has 6 heteroatoms. The van der Waals surface area contributed by atoms with Crippen molar-refractivity contribution in [3.8, 4) is 0 Å². The molecule has 1 atom stereocenters. The van der Waals surface area contributed by atoms with Crippen molar-refractivity contribution >= 4 is 17.3 Å². The number of furan rings is 1. The zero-order valence-electron chi connectivity index (χ0n) is 12.5. The highest BCUT2D eigenvalue weighted by Gasteiger charge is 2.17. The quantitative estimate of drug-likeness (QED) is 0.797. The smallest absolute Gasteiger partial charge is 0.374 e. The number of ether oxygens (including phenoxy) is 1. The Morgan fingerprint density at radius 2 is 2.29 bits per heavy atom. The Kier molecular flexibility index (Phi) is 5.55. The number of likely N-dealkylation sites (N-methyl/N-ethyl adjacent to an activating group) is 1. The van der Waals surface area contributed by atoms with Gasteiger partial charge < -0.3 is 19.4 Å². The van der Waals surface area contributed by atoms with Gasteiger partial charge in [-0.15, -0.1) is 11.3 Å². The van der Waals surface area contributed by atoms with Gasteiger partial charge in [-0.2, -0.15) is 0 Å². The van der Waals surface area contributed by atoms with Gasteiger partial charge >= 0.3 is 5.97 Å². The van der Waals surface area contributed by atoms with E-state index in [1.165, 1.54) is 18.3 Å². The van der Waals surface area contributed by atoms with Crippen molar-refractivity contribution in [3.05, 3.63) is 46.0 Å². The van der Waals surface area contributed by atoms with Gasteiger partial charge in [0.05, 0.1) is 19.4 Å². The van der Waals surface area contributed by atoms with Gasteiger partial charge in [-0.3, -0.25) is 0 Å². The highest BCUT2D eigenvalue weighted by Crippen LogP contribution is 2.22. The molecule has 1 unspecified atom stereocenters. The first kappa shape index (κ1) is 15.8. The predicted octanol–water partition coefficient (Wildman–Crippen LogP) is 2.52. The summed E-state index contributed by atoms with van der Waals surface area (Å²) in [4.78, 5) is 15.0. The fourth-order valence-corrected chi connectivity index (χ4v) is 3.03. The van der Waals surface area contributed by atoms with E-state index in [0.29, 0.717) is 12.6 Å². The molecule has 0 aliphatic carbocycles. The van der Waals surface area contributed by atoms with Crippen LogP contribution in [0.1, 0.15) is 27.0 Å². The molecule has 21 heavy (non-hydrogen) atoms. The SMILES string of the molecule is COC(=O)c1occc1CNCC(c1cccs1)N(C)C. The fraction of sp³-hybridized carbons (Fsp3) is 0.400. The van der Waals surface area contributed by atoms with Crippen molar-refractivity contribution in [2.24, 2.45) is 0 Å². The van der Waals surface area contributed by atoms with Crippen LogP contribution in [0.4, 0.5) is 0 Å². The van der Waals surface area contributed by atoms with E-state index in [-0.39, 0.29) is 5.76 Å². The number of nitrogens with one attached hydrogen (secondary N) is 1. The molecule has 2 aromatic heterocycles. The molecule has 5 nitrogen and oxygen atoms in total. The van der Waals surface area contributed by atoms with Crippen molar-refractivity contribution in [1.82, 2.24) is 10.2 Å². The number of hydrogen-bond acceptors (Lipinski definition) is 6. The van der Waals surface area contributed by atoms with Gasteiger partial charge in [-0.05, 0) is 31.6 Å². The number of carbonyl (C=O) groups excluding carboxylic acids is 1. The molecule has 0 aliphatic rings. The van der Waals surface area contributed by atoms with Crippen molar-refractivity contribution in [3.63, 3.8) is 0 Å². The van der Waals surface area contributed by atoms with E-state index in [9.17, 15) is 4.79 Å². The van der Waals surface area contributed by atoms with E-state index in [0.717, 1.165) is 12.1 Å². The maximum Gasteiger partial charge on any atom is 0.374 e. The molecule has 0 bridgehead atoms. The highest BCUT2D eigenvalue weighted by atomic mass is 32.1. The maximum absolute atomic E-state index is 11.5. The van der Waals surface area contributed by atoms with Crippen LogP contribution in [0.2, 0.25) is 0 Å². The molecular weight excluding hydrogens is 288 g/mol. The number of methoxy groups -OCH3 is 1. The molecule has 0 amide bonds. The average Bonchev–Trinajstić information content (AvgIpc) is 3.13. The number of thiophene rings is 1. The van der Waals surface area contributed by atoms with Gasteiger partial charge in [0, 0.05) is 23.5 Å². The molecule has 0 spiro atoms. The minimum absolute atomic E-state index is 0.266. The van der Waals surface area contributed by atoms with Gasteiger partial charge in [0.15, 0.2) is 0 Å². The Morgan fingerprint density at radius 3 is 2.90 bits per heavy atom. The Labute approximate surface area is 128 Å². The normalized spacial score (nSPS) is 12.6. The lowest BCUT2D eigenvalue weighted by Crippen LogP contribution is -2.30. The van der Waals surface area contributed by atoms with Crippen LogP contribution in [0.3, 0.4) is 0 Å². The van der Waals surface area contributed by atoms with Gasteiger partial charge in [0.2, 0.25) is 5.76 Å². The third kappa shape index (κ3) is 3.93. The third-order valence-electron chi connectivity index (χ3n) is 3.27. The van der Waals surface area contributed by atoms with E-state index in [4.69, 9.17) is 9.15 Å². The second-order valence-electron chi connectivity index (χ2n) is 4.89.